The fraction of sp³-hybridized carbons (Fsp3) is 0.312. The van der Waals surface area contributed by atoms with Crippen molar-refractivity contribution in [3.05, 3.63) is 59.4 Å². The summed E-state index contributed by atoms with van der Waals surface area (Å²) >= 11 is 0. The molecule has 5 nitrogen and oxygen atoms in total. The van der Waals surface area contributed by atoms with Gasteiger partial charge >= 0.3 is 0 Å². The number of nitrogens with zero attached hydrogens (tertiary/aromatic N) is 3. The van der Waals surface area contributed by atoms with E-state index in [9.17, 15) is 23.1 Å². The quantitative estimate of drug-likeness (QED) is 0.864. The molecule has 1 aliphatic heterocycles. The molecule has 1 saturated heterocycles. The predicted octanol–water partition coefficient (Wildman–Crippen LogP) is 1.57. The van der Waals surface area contributed by atoms with Crippen molar-refractivity contribution >= 4 is 5.91 Å². The van der Waals surface area contributed by atoms with Crippen LogP contribution in [-0.2, 0) is 6.42 Å². The summed E-state index contributed by atoms with van der Waals surface area (Å²) in [5.74, 6) is -4.86. The molecule has 1 amide bonds. The molecule has 1 aromatic heterocycles. The number of likely N-dealkylation sites (tertiary alicyclic amines) is 1. The number of amides is 1. The number of rotatable bonds is 3. The van der Waals surface area contributed by atoms with Gasteiger partial charge in [0.25, 0.3) is 5.91 Å². The van der Waals surface area contributed by atoms with Crippen molar-refractivity contribution in [2.45, 2.75) is 12.5 Å². The molecule has 24 heavy (non-hydrogen) atoms. The summed E-state index contributed by atoms with van der Waals surface area (Å²) in [5, 5.41) is 10.1. The first-order valence-electron chi connectivity index (χ1n) is 7.32. The van der Waals surface area contributed by atoms with Crippen LogP contribution in [0.3, 0.4) is 0 Å². The minimum atomic E-state index is -1.36. The third kappa shape index (κ3) is 3.23. The second-order valence-electron chi connectivity index (χ2n) is 5.68. The number of halogens is 3. The Morgan fingerprint density at radius 3 is 2.62 bits per heavy atom. The zero-order chi connectivity index (χ0) is 17.3. The Morgan fingerprint density at radius 1 is 1.17 bits per heavy atom. The van der Waals surface area contributed by atoms with Crippen LogP contribution in [0.5, 0.6) is 0 Å². The number of carbonyl (C=O) groups is 1. The molecule has 3 rings (SSSR count). The SMILES string of the molecule is O=C(c1cc(F)c(F)cc1F)N1C[C@@H](Cc2cnccn2)[C@H](O)C1. The normalized spacial score (nSPS) is 20.4. The molecule has 2 aromatic rings. The Hall–Kier alpha value is -2.48. The fourth-order valence-corrected chi connectivity index (χ4v) is 2.78. The van der Waals surface area contributed by atoms with Gasteiger partial charge in [-0.25, -0.2) is 13.2 Å². The van der Waals surface area contributed by atoms with Gasteiger partial charge in [0.1, 0.15) is 5.82 Å². The first-order valence-corrected chi connectivity index (χ1v) is 7.32. The number of benzene rings is 1. The largest absolute Gasteiger partial charge is 0.391 e. The summed E-state index contributed by atoms with van der Waals surface area (Å²) in [5.41, 5.74) is 0.108. The van der Waals surface area contributed by atoms with E-state index < -0.39 is 35.0 Å². The summed E-state index contributed by atoms with van der Waals surface area (Å²) in [6.45, 7) is 0.150. The maximum absolute atomic E-state index is 13.7. The maximum atomic E-state index is 13.7. The Labute approximate surface area is 135 Å². The zero-order valence-corrected chi connectivity index (χ0v) is 12.5. The Kier molecular flexibility index (Phi) is 4.48. The molecular formula is C16H14F3N3O2. The second kappa shape index (κ2) is 6.56. The summed E-state index contributed by atoms with van der Waals surface area (Å²) in [7, 11) is 0. The van der Waals surface area contributed by atoms with E-state index in [1.54, 1.807) is 6.20 Å². The van der Waals surface area contributed by atoms with Gasteiger partial charge in [-0.15, -0.1) is 0 Å². The third-order valence-electron chi connectivity index (χ3n) is 4.02. The molecule has 0 aliphatic carbocycles. The summed E-state index contributed by atoms with van der Waals surface area (Å²) in [6, 6.07) is 0.876. The maximum Gasteiger partial charge on any atom is 0.257 e. The molecule has 1 aromatic carbocycles. The lowest BCUT2D eigenvalue weighted by atomic mass is 10.0. The molecule has 2 atom stereocenters. The number of hydrogen-bond acceptors (Lipinski definition) is 4. The molecule has 1 aliphatic rings. The highest BCUT2D eigenvalue weighted by molar-refractivity contribution is 5.94. The van der Waals surface area contributed by atoms with Gasteiger partial charge in [0.2, 0.25) is 0 Å². The van der Waals surface area contributed by atoms with E-state index in [1.165, 1.54) is 17.3 Å². The van der Waals surface area contributed by atoms with Gasteiger partial charge in [-0.3, -0.25) is 14.8 Å². The molecule has 2 heterocycles. The molecule has 1 fully saturated rings. The fourth-order valence-electron chi connectivity index (χ4n) is 2.78. The van der Waals surface area contributed by atoms with Gasteiger partial charge in [-0.1, -0.05) is 0 Å². The zero-order valence-electron chi connectivity index (χ0n) is 12.5. The highest BCUT2D eigenvalue weighted by Crippen LogP contribution is 2.24. The smallest absolute Gasteiger partial charge is 0.257 e. The van der Waals surface area contributed by atoms with E-state index in [2.05, 4.69) is 9.97 Å². The predicted molar refractivity (Wildman–Crippen MR) is 77.5 cm³/mol. The topological polar surface area (TPSA) is 66.3 Å². The van der Waals surface area contributed by atoms with Crippen LogP contribution in [0.4, 0.5) is 13.2 Å². The average Bonchev–Trinajstić information content (AvgIpc) is 2.92. The molecule has 0 saturated carbocycles. The lowest BCUT2D eigenvalue weighted by Gasteiger charge is -2.16. The number of β-amino-alcohol motifs (C(OH)–C–C–N with tert-alkyl or cyclic N) is 1. The van der Waals surface area contributed by atoms with Gasteiger partial charge in [-0.2, -0.15) is 0 Å². The van der Waals surface area contributed by atoms with E-state index in [0.717, 1.165) is 0 Å². The molecule has 1 N–H and O–H groups in total. The number of hydrogen-bond donors (Lipinski definition) is 1. The summed E-state index contributed by atoms with van der Waals surface area (Å²) in [4.78, 5) is 21.6. The standard InChI is InChI=1S/C16H14F3N3O2/c17-12-5-14(19)13(18)4-11(12)16(24)22-7-9(15(23)8-22)3-10-6-20-1-2-21-10/h1-2,4-6,9,15,23H,3,7-8H2/t9-,15-/m1/s1. The number of aromatic nitrogens is 2. The number of carbonyl (C=O) groups excluding carboxylic acids is 1. The van der Waals surface area contributed by atoms with Gasteiger partial charge in [0, 0.05) is 43.7 Å². The lowest BCUT2D eigenvalue weighted by Crippen LogP contribution is -2.30. The van der Waals surface area contributed by atoms with Crippen LogP contribution in [0.25, 0.3) is 0 Å². The van der Waals surface area contributed by atoms with Crippen molar-refractivity contribution in [2.75, 3.05) is 13.1 Å². The van der Waals surface area contributed by atoms with Crippen LogP contribution < -0.4 is 0 Å². The van der Waals surface area contributed by atoms with Crippen molar-refractivity contribution in [3.8, 4) is 0 Å². The van der Waals surface area contributed by atoms with Crippen LogP contribution in [0.1, 0.15) is 16.1 Å². The van der Waals surface area contributed by atoms with Gasteiger partial charge in [-0.05, 0) is 12.5 Å². The molecule has 0 radical (unpaired) electrons. The van der Waals surface area contributed by atoms with Gasteiger partial charge < -0.3 is 10.0 Å². The third-order valence-corrected chi connectivity index (χ3v) is 4.02. The molecular weight excluding hydrogens is 323 g/mol. The van der Waals surface area contributed by atoms with E-state index in [-0.39, 0.29) is 19.0 Å². The van der Waals surface area contributed by atoms with Crippen LogP contribution in [0, 0.1) is 23.4 Å². The van der Waals surface area contributed by atoms with Crippen LogP contribution in [-0.4, -0.2) is 45.1 Å². The Morgan fingerprint density at radius 2 is 1.92 bits per heavy atom. The number of aliphatic hydroxyl groups is 1. The molecule has 126 valence electrons. The van der Waals surface area contributed by atoms with Crippen molar-refractivity contribution in [2.24, 2.45) is 5.92 Å². The summed E-state index contributed by atoms with van der Waals surface area (Å²) < 4.78 is 40.0. The van der Waals surface area contributed by atoms with E-state index in [0.29, 0.717) is 24.2 Å². The van der Waals surface area contributed by atoms with Crippen LogP contribution >= 0.6 is 0 Å². The first-order chi connectivity index (χ1) is 11.5. The monoisotopic (exact) mass is 337 g/mol. The van der Waals surface area contributed by atoms with Crippen LogP contribution in [0.15, 0.2) is 30.7 Å². The average molecular weight is 337 g/mol. The van der Waals surface area contributed by atoms with Crippen molar-refractivity contribution < 1.29 is 23.1 Å². The minimum Gasteiger partial charge on any atom is -0.391 e. The Bertz CT molecular complexity index is 758. The van der Waals surface area contributed by atoms with E-state index in [4.69, 9.17) is 0 Å². The summed E-state index contributed by atoms with van der Waals surface area (Å²) in [6.07, 6.45) is 4.20. The highest BCUT2D eigenvalue weighted by Gasteiger charge is 2.35. The molecule has 0 bridgehead atoms. The number of aliphatic hydroxyl groups excluding tert-OH is 1. The van der Waals surface area contributed by atoms with Crippen molar-refractivity contribution in [3.63, 3.8) is 0 Å². The molecule has 0 spiro atoms. The van der Waals surface area contributed by atoms with Crippen molar-refractivity contribution in [1.82, 2.24) is 14.9 Å². The van der Waals surface area contributed by atoms with Gasteiger partial charge in [0.05, 0.1) is 17.4 Å². The minimum absolute atomic E-state index is 0.0117. The highest BCUT2D eigenvalue weighted by atomic mass is 19.2. The second-order valence-corrected chi connectivity index (χ2v) is 5.68. The van der Waals surface area contributed by atoms with E-state index in [1.807, 2.05) is 0 Å². The molecule has 8 heteroatoms. The first kappa shape index (κ1) is 16.4. The Balaban J connectivity index is 1.74. The van der Waals surface area contributed by atoms with E-state index >= 15 is 0 Å². The van der Waals surface area contributed by atoms with Crippen molar-refractivity contribution in [1.29, 1.82) is 0 Å². The van der Waals surface area contributed by atoms with Gasteiger partial charge in [0.15, 0.2) is 11.6 Å². The molecule has 0 unspecified atom stereocenters. The van der Waals surface area contributed by atoms with Crippen LogP contribution in [0.2, 0.25) is 0 Å². The lowest BCUT2D eigenvalue weighted by molar-refractivity contribution is 0.0759.